The fourth-order valence-corrected chi connectivity index (χ4v) is 4.90. The van der Waals surface area contributed by atoms with Gasteiger partial charge in [0.2, 0.25) is 10.0 Å². The van der Waals surface area contributed by atoms with E-state index >= 15 is 0 Å². The molecule has 8 heteroatoms. The average Bonchev–Trinajstić information content (AvgIpc) is 2.69. The third kappa shape index (κ3) is 6.15. The van der Waals surface area contributed by atoms with Gasteiger partial charge in [-0.05, 0) is 49.7 Å². The third-order valence-electron chi connectivity index (χ3n) is 4.15. The zero-order valence-electron chi connectivity index (χ0n) is 16.0. The highest BCUT2D eigenvalue weighted by atomic mass is 35.5. The normalized spacial score (nSPS) is 11.2. The number of carbonyl (C=O) groups is 1. The van der Waals surface area contributed by atoms with E-state index in [1.165, 1.54) is 4.31 Å². The zero-order valence-corrected chi connectivity index (χ0v) is 18.4. The second kappa shape index (κ2) is 10.7. The smallest absolute Gasteiger partial charge is 0.251 e. The molecule has 0 saturated heterocycles. The average molecular weight is 441 g/mol. The minimum atomic E-state index is -3.32. The fraction of sp³-hybridized carbons (Fsp3) is 0.350. The Morgan fingerprint density at radius 1 is 1.11 bits per heavy atom. The van der Waals surface area contributed by atoms with Gasteiger partial charge in [-0.2, -0.15) is 11.8 Å². The predicted octanol–water partition coefficient (Wildman–Crippen LogP) is 4.18. The summed E-state index contributed by atoms with van der Waals surface area (Å²) in [6.45, 7) is 4.29. The van der Waals surface area contributed by atoms with E-state index in [2.05, 4.69) is 5.32 Å². The van der Waals surface area contributed by atoms with Gasteiger partial charge in [0.1, 0.15) is 0 Å². The Labute approximate surface area is 176 Å². The molecule has 1 N–H and O–H groups in total. The number of hydrogen-bond donors (Lipinski definition) is 1. The lowest BCUT2D eigenvalue weighted by Gasteiger charge is -2.22. The lowest BCUT2D eigenvalue weighted by molar-refractivity contribution is 0.0956. The Hall–Kier alpha value is -1.70. The number of thioether (sulfide) groups is 1. The first-order valence-corrected chi connectivity index (χ1v) is 12.2. The van der Waals surface area contributed by atoms with Crippen molar-refractivity contribution in [1.82, 2.24) is 5.32 Å². The highest BCUT2D eigenvalue weighted by Crippen LogP contribution is 2.21. The summed E-state index contributed by atoms with van der Waals surface area (Å²) >= 11 is 7.83. The second-order valence-corrected chi connectivity index (χ2v) is 9.71. The molecule has 2 rings (SSSR count). The number of nitrogens with zero attached hydrogens (tertiary/aromatic N) is 1. The largest absolute Gasteiger partial charge is 0.351 e. The molecule has 5 nitrogen and oxygen atoms in total. The number of nitrogens with one attached hydrogen (secondary N) is 1. The van der Waals surface area contributed by atoms with Gasteiger partial charge in [-0.3, -0.25) is 9.10 Å². The summed E-state index contributed by atoms with van der Waals surface area (Å²) in [5.41, 5.74) is 2.15. The van der Waals surface area contributed by atoms with Crippen LogP contribution in [0.2, 0.25) is 5.02 Å². The quantitative estimate of drug-likeness (QED) is 0.563. The first-order chi connectivity index (χ1) is 13.4. The van der Waals surface area contributed by atoms with Gasteiger partial charge in [0, 0.05) is 35.2 Å². The molecule has 0 heterocycles. The van der Waals surface area contributed by atoms with Crippen molar-refractivity contribution in [3.63, 3.8) is 0 Å². The van der Waals surface area contributed by atoms with Crippen molar-refractivity contribution in [3.05, 3.63) is 64.7 Å². The van der Waals surface area contributed by atoms with Crippen LogP contribution in [0.25, 0.3) is 0 Å². The molecule has 0 unspecified atom stereocenters. The Morgan fingerprint density at radius 3 is 2.39 bits per heavy atom. The van der Waals surface area contributed by atoms with E-state index in [4.69, 9.17) is 11.6 Å². The van der Waals surface area contributed by atoms with Crippen LogP contribution in [0.15, 0.2) is 48.5 Å². The lowest BCUT2D eigenvalue weighted by Crippen LogP contribution is -2.32. The fourth-order valence-electron chi connectivity index (χ4n) is 2.61. The van der Waals surface area contributed by atoms with Crippen molar-refractivity contribution in [2.75, 3.05) is 28.9 Å². The van der Waals surface area contributed by atoms with E-state index in [0.717, 1.165) is 22.1 Å². The Kier molecular flexibility index (Phi) is 8.66. The van der Waals surface area contributed by atoms with Crippen LogP contribution in [0, 0.1) is 0 Å². The predicted molar refractivity (Wildman–Crippen MR) is 119 cm³/mol. The van der Waals surface area contributed by atoms with Gasteiger partial charge in [0.15, 0.2) is 0 Å². The number of carbonyl (C=O) groups excluding carboxylic acids is 1. The summed E-state index contributed by atoms with van der Waals surface area (Å²) in [5.74, 6) is 1.43. The minimum Gasteiger partial charge on any atom is -0.351 e. The summed E-state index contributed by atoms with van der Waals surface area (Å²) in [5, 5.41) is 3.63. The standard InChI is InChI=1S/C20H25ClN2O3S2/c1-3-23(28(25,26)4-2)18-11-9-16(10-12-18)20(24)22-13-14-27-15-17-7-5-6-8-19(17)21/h5-12H,3-4,13-15H2,1-2H3,(H,22,24). The number of anilines is 1. The van der Waals surface area contributed by atoms with Gasteiger partial charge in [-0.1, -0.05) is 29.8 Å². The number of sulfonamides is 1. The van der Waals surface area contributed by atoms with Crippen molar-refractivity contribution >= 4 is 45.0 Å². The topological polar surface area (TPSA) is 66.5 Å². The summed E-state index contributed by atoms with van der Waals surface area (Å²) in [4.78, 5) is 12.3. The molecule has 28 heavy (non-hydrogen) atoms. The van der Waals surface area contributed by atoms with Crippen molar-refractivity contribution in [1.29, 1.82) is 0 Å². The van der Waals surface area contributed by atoms with Crippen LogP contribution in [0.5, 0.6) is 0 Å². The maximum Gasteiger partial charge on any atom is 0.251 e. The number of amides is 1. The summed E-state index contributed by atoms with van der Waals surface area (Å²) in [6.07, 6.45) is 0. The highest BCUT2D eigenvalue weighted by Gasteiger charge is 2.18. The molecule has 0 atom stereocenters. The second-order valence-electron chi connectivity index (χ2n) is 6.01. The van der Waals surface area contributed by atoms with Crippen LogP contribution in [0.3, 0.4) is 0 Å². The van der Waals surface area contributed by atoms with E-state index in [-0.39, 0.29) is 11.7 Å². The zero-order chi connectivity index (χ0) is 20.6. The monoisotopic (exact) mass is 440 g/mol. The lowest BCUT2D eigenvalue weighted by atomic mass is 10.2. The minimum absolute atomic E-state index is 0.0366. The third-order valence-corrected chi connectivity index (χ3v) is 7.40. The number of benzene rings is 2. The molecule has 152 valence electrons. The van der Waals surface area contributed by atoms with Crippen LogP contribution in [-0.4, -0.2) is 38.9 Å². The molecule has 0 radical (unpaired) electrons. The summed E-state index contributed by atoms with van der Waals surface area (Å²) < 4.78 is 25.6. The Bertz CT molecular complexity index is 887. The van der Waals surface area contributed by atoms with Gasteiger partial charge in [-0.15, -0.1) is 0 Å². The van der Waals surface area contributed by atoms with Crippen LogP contribution in [0.4, 0.5) is 5.69 Å². The van der Waals surface area contributed by atoms with Crippen LogP contribution in [-0.2, 0) is 15.8 Å². The number of hydrogen-bond acceptors (Lipinski definition) is 4. The van der Waals surface area contributed by atoms with E-state index in [1.807, 2.05) is 24.3 Å². The van der Waals surface area contributed by atoms with E-state index in [1.54, 1.807) is 49.9 Å². The molecular formula is C20H25ClN2O3S2. The molecule has 0 spiro atoms. The summed E-state index contributed by atoms with van der Waals surface area (Å²) in [7, 11) is -3.32. The molecule has 0 aliphatic carbocycles. The summed E-state index contributed by atoms with van der Waals surface area (Å²) in [6, 6.07) is 14.3. The molecule has 2 aromatic carbocycles. The van der Waals surface area contributed by atoms with Crippen LogP contribution >= 0.6 is 23.4 Å². The van der Waals surface area contributed by atoms with Gasteiger partial charge >= 0.3 is 0 Å². The first kappa shape index (κ1) is 22.6. The Balaban J connectivity index is 1.83. The Morgan fingerprint density at radius 2 is 1.79 bits per heavy atom. The number of rotatable bonds is 10. The molecular weight excluding hydrogens is 416 g/mol. The first-order valence-electron chi connectivity index (χ1n) is 9.08. The maximum atomic E-state index is 12.3. The van der Waals surface area contributed by atoms with Crippen molar-refractivity contribution in [2.24, 2.45) is 0 Å². The molecule has 1 amide bonds. The van der Waals surface area contributed by atoms with Gasteiger partial charge in [0.25, 0.3) is 5.91 Å². The molecule has 2 aromatic rings. The molecule has 0 aromatic heterocycles. The van der Waals surface area contributed by atoms with Crippen LogP contribution in [0.1, 0.15) is 29.8 Å². The SMILES string of the molecule is CCN(c1ccc(C(=O)NCCSCc2ccccc2Cl)cc1)S(=O)(=O)CC. The van der Waals surface area contributed by atoms with Crippen molar-refractivity contribution in [2.45, 2.75) is 19.6 Å². The van der Waals surface area contributed by atoms with Crippen LogP contribution < -0.4 is 9.62 Å². The molecule has 0 aliphatic rings. The van der Waals surface area contributed by atoms with Gasteiger partial charge in [0.05, 0.1) is 11.4 Å². The highest BCUT2D eigenvalue weighted by molar-refractivity contribution is 7.98. The van der Waals surface area contributed by atoms with E-state index < -0.39 is 10.0 Å². The molecule has 0 bridgehead atoms. The van der Waals surface area contributed by atoms with E-state index in [0.29, 0.717) is 24.3 Å². The molecule has 0 saturated carbocycles. The van der Waals surface area contributed by atoms with Gasteiger partial charge in [-0.25, -0.2) is 8.42 Å². The van der Waals surface area contributed by atoms with E-state index in [9.17, 15) is 13.2 Å². The number of halogens is 1. The molecule has 0 fully saturated rings. The van der Waals surface area contributed by atoms with Crippen molar-refractivity contribution < 1.29 is 13.2 Å². The maximum absolute atomic E-state index is 12.3. The molecule has 0 aliphatic heterocycles. The van der Waals surface area contributed by atoms with Gasteiger partial charge < -0.3 is 5.32 Å². The van der Waals surface area contributed by atoms with Crippen molar-refractivity contribution in [3.8, 4) is 0 Å².